The summed E-state index contributed by atoms with van der Waals surface area (Å²) >= 11 is 2.87. The zero-order chi connectivity index (χ0) is 12.3. The van der Waals surface area contributed by atoms with Gasteiger partial charge >= 0.3 is 6.18 Å². The highest BCUT2D eigenvalue weighted by Crippen LogP contribution is 2.30. The van der Waals surface area contributed by atoms with Crippen LogP contribution in [0.15, 0.2) is 34.1 Å². The second kappa shape index (κ2) is 5.05. The number of hydrogen-bond donors (Lipinski definition) is 0. The first-order chi connectivity index (χ1) is 8.05. The Morgan fingerprint density at radius 1 is 1.18 bits per heavy atom. The molecule has 0 N–H and O–H groups in total. The van der Waals surface area contributed by atoms with Gasteiger partial charge in [-0.05, 0) is 17.7 Å². The molecule has 0 aliphatic carbocycles. The molecule has 0 saturated carbocycles. The molecule has 0 aliphatic heterocycles. The third kappa shape index (κ3) is 3.44. The van der Waals surface area contributed by atoms with Crippen molar-refractivity contribution >= 4 is 23.1 Å². The zero-order valence-corrected chi connectivity index (χ0v) is 10.1. The molecule has 1 aromatic carbocycles. The zero-order valence-electron chi connectivity index (χ0n) is 8.44. The molecule has 2 nitrogen and oxygen atoms in total. The molecule has 0 atom stereocenters. The van der Waals surface area contributed by atoms with Gasteiger partial charge in [0.2, 0.25) is 0 Å². The molecule has 2 aromatic rings. The molecule has 0 spiro atoms. The molecule has 0 unspecified atom stereocenters. The monoisotopic (exact) mass is 276 g/mol. The summed E-state index contributed by atoms with van der Waals surface area (Å²) in [4.78, 5) is 0. The van der Waals surface area contributed by atoms with Crippen LogP contribution in [0.5, 0.6) is 0 Å². The number of thioether (sulfide) groups is 1. The third-order valence-corrected chi connectivity index (χ3v) is 3.92. The summed E-state index contributed by atoms with van der Waals surface area (Å²) in [6.45, 7) is 0. The molecule has 2 rings (SSSR count). The summed E-state index contributed by atoms with van der Waals surface area (Å²) < 4.78 is 37.7. The summed E-state index contributed by atoms with van der Waals surface area (Å²) in [5, 5.41) is 7.52. The molecular formula is C10H7F3N2S2. The van der Waals surface area contributed by atoms with Crippen molar-refractivity contribution < 1.29 is 13.2 Å². The van der Waals surface area contributed by atoms with E-state index in [0.717, 1.165) is 22.0 Å². The Morgan fingerprint density at radius 3 is 2.41 bits per heavy atom. The normalized spacial score (nSPS) is 11.7. The van der Waals surface area contributed by atoms with E-state index in [4.69, 9.17) is 0 Å². The van der Waals surface area contributed by atoms with Gasteiger partial charge in [0.15, 0.2) is 4.34 Å². The van der Waals surface area contributed by atoms with E-state index >= 15 is 0 Å². The minimum Gasteiger partial charge on any atom is -0.166 e. The third-order valence-electron chi connectivity index (χ3n) is 1.98. The Kier molecular flexibility index (Phi) is 3.68. The van der Waals surface area contributed by atoms with Crippen molar-refractivity contribution in [2.75, 3.05) is 0 Å². The van der Waals surface area contributed by atoms with Crippen molar-refractivity contribution in [2.45, 2.75) is 16.3 Å². The quantitative estimate of drug-likeness (QED) is 0.796. The van der Waals surface area contributed by atoms with Crippen molar-refractivity contribution in [3.63, 3.8) is 0 Å². The van der Waals surface area contributed by atoms with E-state index in [-0.39, 0.29) is 0 Å². The van der Waals surface area contributed by atoms with Crippen LogP contribution in [0.2, 0.25) is 0 Å². The van der Waals surface area contributed by atoms with E-state index < -0.39 is 11.7 Å². The molecule has 0 saturated heterocycles. The van der Waals surface area contributed by atoms with Crippen molar-refractivity contribution in [1.82, 2.24) is 10.2 Å². The van der Waals surface area contributed by atoms with E-state index in [1.807, 2.05) is 0 Å². The van der Waals surface area contributed by atoms with Gasteiger partial charge in [-0.25, -0.2) is 0 Å². The predicted octanol–water partition coefficient (Wildman–Crippen LogP) is 3.85. The van der Waals surface area contributed by atoms with Gasteiger partial charge in [-0.1, -0.05) is 35.2 Å². The molecule has 17 heavy (non-hydrogen) atoms. The Labute approximate surface area is 104 Å². The number of alkyl halides is 3. The molecule has 0 fully saturated rings. The smallest absolute Gasteiger partial charge is 0.166 e. The number of rotatable bonds is 3. The van der Waals surface area contributed by atoms with Crippen molar-refractivity contribution in [2.24, 2.45) is 0 Å². The SMILES string of the molecule is FC(F)(F)c1ccc(CSc2nncs2)cc1. The topological polar surface area (TPSA) is 25.8 Å². The average Bonchev–Trinajstić information content (AvgIpc) is 2.78. The van der Waals surface area contributed by atoms with Gasteiger partial charge in [-0.15, -0.1) is 10.2 Å². The fraction of sp³-hybridized carbons (Fsp3) is 0.200. The molecule has 0 bridgehead atoms. The van der Waals surface area contributed by atoms with E-state index in [0.29, 0.717) is 5.75 Å². The van der Waals surface area contributed by atoms with Gasteiger partial charge in [0, 0.05) is 5.75 Å². The van der Waals surface area contributed by atoms with E-state index in [1.54, 1.807) is 5.51 Å². The molecule has 1 aromatic heterocycles. The Hall–Kier alpha value is -1.08. The second-order valence-corrected chi connectivity index (χ2v) is 5.24. The summed E-state index contributed by atoms with van der Waals surface area (Å²) in [5.41, 5.74) is 1.83. The van der Waals surface area contributed by atoms with Gasteiger partial charge in [0.05, 0.1) is 5.56 Å². The fourth-order valence-corrected chi connectivity index (χ4v) is 2.61. The average molecular weight is 276 g/mol. The van der Waals surface area contributed by atoms with Crippen LogP contribution in [-0.4, -0.2) is 10.2 Å². The van der Waals surface area contributed by atoms with Crippen LogP contribution in [0, 0.1) is 0 Å². The van der Waals surface area contributed by atoms with Crippen LogP contribution >= 0.6 is 23.1 Å². The second-order valence-electron chi connectivity index (χ2n) is 3.19. The Balaban J connectivity index is 1.99. The highest BCUT2D eigenvalue weighted by atomic mass is 32.2. The maximum absolute atomic E-state index is 12.3. The lowest BCUT2D eigenvalue weighted by atomic mass is 10.1. The van der Waals surface area contributed by atoms with Crippen molar-refractivity contribution in [3.8, 4) is 0 Å². The van der Waals surface area contributed by atoms with Crippen LogP contribution in [-0.2, 0) is 11.9 Å². The number of nitrogens with zero attached hydrogens (tertiary/aromatic N) is 2. The minimum atomic E-state index is -4.27. The summed E-state index contributed by atoms with van der Waals surface area (Å²) in [5.74, 6) is 0.591. The van der Waals surface area contributed by atoms with Gasteiger partial charge in [-0.3, -0.25) is 0 Å². The van der Waals surface area contributed by atoms with Crippen molar-refractivity contribution in [1.29, 1.82) is 0 Å². The standard InChI is InChI=1S/C10H7F3N2S2/c11-10(12,13)8-3-1-7(2-4-8)5-16-9-15-14-6-17-9/h1-4,6H,5H2. The molecular weight excluding hydrogens is 269 g/mol. The molecule has 0 aliphatic rings. The van der Waals surface area contributed by atoms with Gasteiger partial charge < -0.3 is 0 Å². The Morgan fingerprint density at radius 2 is 1.88 bits per heavy atom. The number of halogens is 3. The highest BCUT2D eigenvalue weighted by molar-refractivity contribution is 8.00. The molecule has 1 heterocycles. The summed E-state index contributed by atoms with van der Waals surface area (Å²) in [6, 6.07) is 5.15. The van der Waals surface area contributed by atoms with Crippen LogP contribution in [0.4, 0.5) is 13.2 Å². The highest BCUT2D eigenvalue weighted by Gasteiger charge is 2.29. The number of aromatic nitrogens is 2. The van der Waals surface area contributed by atoms with Crippen LogP contribution in [0.1, 0.15) is 11.1 Å². The lowest BCUT2D eigenvalue weighted by Crippen LogP contribution is -2.04. The van der Waals surface area contributed by atoms with Crippen molar-refractivity contribution in [3.05, 3.63) is 40.9 Å². The van der Waals surface area contributed by atoms with Crippen LogP contribution < -0.4 is 0 Å². The first-order valence-electron chi connectivity index (χ1n) is 4.61. The molecule has 0 radical (unpaired) electrons. The summed E-state index contributed by atoms with van der Waals surface area (Å²) in [7, 11) is 0. The van der Waals surface area contributed by atoms with Gasteiger partial charge in [0.1, 0.15) is 5.51 Å². The molecule has 0 amide bonds. The number of benzene rings is 1. The van der Waals surface area contributed by atoms with Gasteiger partial charge in [0.25, 0.3) is 0 Å². The van der Waals surface area contributed by atoms with E-state index in [2.05, 4.69) is 10.2 Å². The lowest BCUT2D eigenvalue weighted by Gasteiger charge is -2.06. The maximum atomic E-state index is 12.3. The molecule has 90 valence electrons. The lowest BCUT2D eigenvalue weighted by molar-refractivity contribution is -0.137. The van der Waals surface area contributed by atoms with Gasteiger partial charge in [-0.2, -0.15) is 13.2 Å². The van der Waals surface area contributed by atoms with Crippen LogP contribution in [0.25, 0.3) is 0 Å². The first kappa shape index (κ1) is 12.4. The van der Waals surface area contributed by atoms with E-state index in [9.17, 15) is 13.2 Å². The number of hydrogen-bond acceptors (Lipinski definition) is 4. The first-order valence-corrected chi connectivity index (χ1v) is 6.47. The minimum absolute atomic E-state index is 0.591. The predicted molar refractivity (Wildman–Crippen MR) is 60.9 cm³/mol. The fourth-order valence-electron chi connectivity index (χ4n) is 1.16. The Bertz CT molecular complexity index is 465. The van der Waals surface area contributed by atoms with Crippen LogP contribution in [0.3, 0.4) is 0 Å². The van der Waals surface area contributed by atoms with E-state index in [1.165, 1.54) is 35.2 Å². The molecule has 7 heteroatoms. The largest absolute Gasteiger partial charge is 0.416 e. The maximum Gasteiger partial charge on any atom is 0.416 e. The summed E-state index contributed by atoms with van der Waals surface area (Å²) in [6.07, 6.45) is -4.27.